The smallest absolute Gasteiger partial charge is 0.225 e. The average molecular weight is 288 g/mol. The summed E-state index contributed by atoms with van der Waals surface area (Å²) >= 11 is 0. The summed E-state index contributed by atoms with van der Waals surface area (Å²) in [4.78, 5) is 11.9. The van der Waals surface area contributed by atoms with E-state index >= 15 is 0 Å². The van der Waals surface area contributed by atoms with Gasteiger partial charge in [0, 0.05) is 30.9 Å². The Labute approximate surface area is 128 Å². The van der Waals surface area contributed by atoms with Crippen molar-refractivity contribution in [2.24, 2.45) is 5.41 Å². The van der Waals surface area contributed by atoms with E-state index in [1.165, 1.54) is 36.9 Å². The maximum atomic E-state index is 4.92. The summed E-state index contributed by atoms with van der Waals surface area (Å²) in [6.07, 6.45) is 8.03. The van der Waals surface area contributed by atoms with E-state index in [2.05, 4.69) is 42.2 Å². The van der Waals surface area contributed by atoms with Gasteiger partial charge in [-0.1, -0.05) is 20.8 Å². The molecular weight excluding hydrogens is 260 g/mol. The SMILES string of the molecule is CCCNC1CC(C)(C)Cc2nc(N3CCCC3)ncc21. The molecule has 0 bridgehead atoms. The van der Waals surface area contributed by atoms with Crippen LogP contribution in [0, 0.1) is 5.41 Å². The fraction of sp³-hybridized carbons (Fsp3) is 0.765. The van der Waals surface area contributed by atoms with Crippen molar-refractivity contribution in [2.75, 3.05) is 24.5 Å². The Morgan fingerprint density at radius 3 is 2.81 bits per heavy atom. The van der Waals surface area contributed by atoms with E-state index in [4.69, 9.17) is 4.98 Å². The van der Waals surface area contributed by atoms with Crippen LogP contribution >= 0.6 is 0 Å². The predicted molar refractivity (Wildman–Crippen MR) is 86.6 cm³/mol. The summed E-state index contributed by atoms with van der Waals surface area (Å²) in [5.41, 5.74) is 2.90. The molecule has 0 amide bonds. The first-order chi connectivity index (χ1) is 10.1. The first kappa shape index (κ1) is 14.8. The topological polar surface area (TPSA) is 41.1 Å². The summed E-state index contributed by atoms with van der Waals surface area (Å²) in [6, 6.07) is 0.413. The van der Waals surface area contributed by atoms with Gasteiger partial charge in [0.05, 0.1) is 5.69 Å². The fourth-order valence-electron chi connectivity index (χ4n) is 3.61. The third kappa shape index (κ3) is 3.20. The van der Waals surface area contributed by atoms with E-state index in [-0.39, 0.29) is 0 Å². The second kappa shape index (κ2) is 5.91. The zero-order valence-corrected chi connectivity index (χ0v) is 13.7. The third-order valence-electron chi connectivity index (χ3n) is 4.70. The van der Waals surface area contributed by atoms with E-state index in [1.54, 1.807) is 0 Å². The van der Waals surface area contributed by atoms with Gasteiger partial charge in [0.1, 0.15) is 0 Å². The van der Waals surface area contributed by atoms with Crippen LogP contribution in [0.3, 0.4) is 0 Å². The summed E-state index contributed by atoms with van der Waals surface area (Å²) < 4.78 is 0. The normalized spacial score (nSPS) is 24.1. The Balaban J connectivity index is 1.88. The minimum Gasteiger partial charge on any atom is -0.341 e. The molecule has 2 aliphatic rings. The number of hydrogen-bond acceptors (Lipinski definition) is 4. The second-order valence-electron chi connectivity index (χ2n) is 7.32. The lowest BCUT2D eigenvalue weighted by Crippen LogP contribution is -2.35. The molecule has 21 heavy (non-hydrogen) atoms. The van der Waals surface area contributed by atoms with Crippen molar-refractivity contribution >= 4 is 5.95 Å². The molecule has 4 heteroatoms. The molecule has 3 rings (SSSR count). The Morgan fingerprint density at radius 1 is 1.33 bits per heavy atom. The highest BCUT2D eigenvalue weighted by Gasteiger charge is 2.33. The predicted octanol–water partition coefficient (Wildman–Crippen LogP) is 3.09. The fourth-order valence-corrected chi connectivity index (χ4v) is 3.61. The summed E-state index contributed by atoms with van der Waals surface area (Å²) in [5.74, 6) is 0.943. The zero-order chi connectivity index (χ0) is 14.9. The number of anilines is 1. The van der Waals surface area contributed by atoms with Crippen LogP contribution in [-0.2, 0) is 6.42 Å². The monoisotopic (exact) mass is 288 g/mol. The second-order valence-corrected chi connectivity index (χ2v) is 7.32. The number of hydrogen-bond donors (Lipinski definition) is 1. The van der Waals surface area contributed by atoms with Crippen molar-refractivity contribution in [1.82, 2.24) is 15.3 Å². The Bertz CT molecular complexity index is 492. The number of nitrogens with zero attached hydrogens (tertiary/aromatic N) is 3. The molecule has 1 N–H and O–H groups in total. The van der Waals surface area contributed by atoms with Gasteiger partial charge in [-0.3, -0.25) is 0 Å². The molecule has 1 aromatic rings. The Kier molecular flexibility index (Phi) is 4.16. The molecule has 1 aromatic heterocycles. The lowest BCUT2D eigenvalue weighted by molar-refractivity contribution is 0.254. The number of nitrogens with one attached hydrogen (secondary N) is 1. The summed E-state index contributed by atoms with van der Waals surface area (Å²) in [6.45, 7) is 10.2. The van der Waals surface area contributed by atoms with Gasteiger partial charge in [-0.25, -0.2) is 9.97 Å². The van der Waals surface area contributed by atoms with Gasteiger partial charge >= 0.3 is 0 Å². The molecule has 0 spiro atoms. The molecule has 0 saturated carbocycles. The van der Waals surface area contributed by atoms with Gasteiger partial charge in [0.25, 0.3) is 0 Å². The van der Waals surface area contributed by atoms with Gasteiger partial charge in [-0.05, 0) is 44.1 Å². The van der Waals surface area contributed by atoms with Crippen LogP contribution in [-0.4, -0.2) is 29.6 Å². The van der Waals surface area contributed by atoms with Crippen molar-refractivity contribution in [3.8, 4) is 0 Å². The highest BCUT2D eigenvalue weighted by atomic mass is 15.3. The van der Waals surface area contributed by atoms with E-state index in [0.717, 1.165) is 32.0 Å². The van der Waals surface area contributed by atoms with Crippen LogP contribution in [0.25, 0.3) is 0 Å². The van der Waals surface area contributed by atoms with Gasteiger partial charge in [0.15, 0.2) is 0 Å². The van der Waals surface area contributed by atoms with Gasteiger partial charge in [0.2, 0.25) is 5.95 Å². The molecule has 1 aliphatic heterocycles. The molecule has 1 aliphatic carbocycles. The molecule has 0 aromatic carbocycles. The van der Waals surface area contributed by atoms with Crippen molar-refractivity contribution in [3.05, 3.63) is 17.5 Å². The number of rotatable bonds is 4. The quantitative estimate of drug-likeness (QED) is 0.924. The maximum absolute atomic E-state index is 4.92. The molecule has 2 heterocycles. The lowest BCUT2D eigenvalue weighted by Gasteiger charge is -2.37. The molecule has 1 atom stereocenters. The molecule has 0 radical (unpaired) electrons. The van der Waals surface area contributed by atoms with Gasteiger partial charge < -0.3 is 10.2 Å². The molecule has 1 fully saturated rings. The number of aromatic nitrogens is 2. The molecule has 1 saturated heterocycles. The van der Waals surface area contributed by atoms with Gasteiger partial charge in [-0.15, -0.1) is 0 Å². The Hall–Kier alpha value is -1.16. The highest BCUT2D eigenvalue weighted by molar-refractivity contribution is 5.37. The number of fused-ring (bicyclic) bond motifs is 1. The zero-order valence-electron chi connectivity index (χ0n) is 13.7. The van der Waals surface area contributed by atoms with Crippen LogP contribution in [0.15, 0.2) is 6.20 Å². The van der Waals surface area contributed by atoms with E-state index < -0.39 is 0 Å². The van der Waals surface area contributed by atoms with Crippen molar-refractivity contribution < 1.29 is 0 Å². The summed E-state index contributed by atoms with van der Waals surface area (Å²) in [7, 11) is 0. The average Bonchev–Trinajstić information content (AvgIpc) is 2.97. The van der Waals surface area contributed by atoms with Crippen LogP contribution in [0.5, 0.6) is 0 Å². The van der Waals surface area contributed by atoms with Gasteiger partial charge in [-0.2, -0.15) is 0 Å². The first-order valence-electron chi connectivity index (χ1n) is 8.43. The van der Waals surface area contributed by atoms with Crippen molar-refractivity contribution in [3.63, 3.8) is 0 Å². The third-order valence-corrected chi connectivity index (χ3v) is 4.70. The van der Waals surface area contributed by atoms with E-state index in [9.17, 15) is 0 Å². The lowest BCUT2D eigenvalue weighted by atomic mass is 9.74. The van der Waals surface area contributed by atoms with Crippen molar-refractivity contribution in [1.29, 1.82) is 0 Å². The minimum atomic E-state index is 0.315. The molecule has 4 nitrogen and oxygen atoms in total. The van der Waals surface area contributed by atoms with Crippen LogP contribution in [0.2, 0.25) is 0 Å². The highest BCUT2D eigenvalue weighted by Crippen LogP contribution is 2.40. The van der Waals surface area contributed by atoms with Crippen molar-refractivity contribution in [2.45, 2.75) is 58.9 Å². The first-order valence-corrected chi connectivity index (χ1v) is 8.43. The summed E-state index contributed by atoms with van der Waals surface area (Å²) in [5, 5.41) is 3.68. The maximum Gasteiger partial charge on any atom is 0.225 e. The minimum absolute atomic E-state index is 0.315. The van der Waals surface area contributed by atoms with Crippen LogP contribution in [0.4, 0.5) is 5.95 Å². The largest absolute Gasteiger partial charge is 0.341 e. The van der Waals surface area contributed by atoms with E-state index in [1.807, 2.05) is 0 Å². The molecular formula is C17H28N4. The van der Waals surface area contributed by atoms with Crippen LogP contribution in [0.1, 0.15) is 63.8 Å². The molecule has 1 unspecified atom stereocenters. The standard InChI is InChI=1S/C17H28N4/c1-4-7-18-14-10-17(2,3)11-15-13(14)12-19-16(20-15)21-8-5-6-9-21/h12,14,18H,4-11H2,1-3H3. The Morgan fingerprint density at radius 2 is 2.10 bits per heavy atom. The molecule has 116 valence electrons. The van der Waals surface area contributed by atoms with Crippen LogP contribution < -0.4 is 10.2 Å². The van der Waals surface area contributed by atoms with E-state index in [0.29, 0.717) is 11.5 Å².